The van der Waals surface area contributed by atoms with Crippen molar-refractivity contribution in [1.29, 1.82) is 0 Å². The van der Waals surface area contributed by atoms with E-state index in [1.54, 1.807) is 18.2 Å². The fraction of sp³-hybridized carbons (Fsp3) is 0.333. The maximum absolute atomic E-state index is 11.9. The van der Waals surface area contributed by atoms with Gasteiger partial charge in [-0.2, -0.15) is 5.10 Å². The number of carbonyl (C=O) groups excluding carboxylic acids is 1. The minimum Gasteiger partial charge on any atom is -0.463 e. The lowest BCUT2D eigenvalue weighted by Crippen LogP contribution is -2.26. The molecule has 0 saturated carbocycles. The molecule has 0 aliphatic carbocycles. The summed E-state index contributed by atoms with van der Waals surface area (Å²) in [5, 5.41) is 14.0. The second kappa shape index (κ2) is 7.35. The Morgan fingerprint density at radius 3 is 3.12 bits per heavy atom. The Hall–Kier alpha value is -2.55. The summed E-state index contributed by atoms with van der Waals surface area (Å²) in [5.41, 5.74) is 0.537. The molecule has 24 heavy (non-hydrogen) atoms. The molecule has 0 aromatic carbocycles. The molecule has 8 nitrogen and oxygen atoms in total. The third kappa shape index (κ3) is 3.51. The second-order valence-electron chi connectivity index (χ2n) is 5.13. The van der Waals surface area contributed by atoms with Gasteiger partial charge in [-0.15, -0.1) is 5.10 Å². The Kier molecular flexibility index (Phi) is 4.99. The van der Waals surface area contributed by atoms with E-state index in [1.165, 1.54) is 22.5 Å². The number of unbranched alkanes of at least 4 members (excludes halogenated alkanes) is 1. The number of rotatable bonds is 7. The third-order valence-corrected chi connectivity index (χ3v) is 4.26. The average molecular weight is 347 g/mol. The Morgan fingerprint density at radius 1 is 1.50 bits per heavy atom. The van der Waals surface area contributed by atoms with Gasteiger partial charge in [0.1, 0.15) is 11.2 Å². The number of amides is 1. The maximum atomic E-state index is 11.9. The van der Waals surface area contributed by atoms with Crippen LogP contribution in [0.4, 0.5) is 0 Å². The van der Waals surface area contributed by atoms with Crippen LogP contribution in [0, 0.1) is 0 Å². The van der Waals surface area contributed by atoms with Gasteiger partial charge in [0.05, 0.1) is 12.0 Å². The highest BCUT2D eigenvalue weighted by Gasteiger charge is 2.14. The van der Waals surface area contributed by atoms with Crippen LogP contribution in [0.3, 0.4) is 0 Å². The predicted molar refractivity (Wildman–Crippen MR) is 90.0 cm³/mol. The lowest BCUT2D eigenvalue weighted by molar-refractivity contribution is -0.118. The number of H-pyrrole nitrogens is 1. The normalized spacial score (nSPS) is 11.0. The summed E-state index contributed by atoms with van der Waals surface area (Å²) in [6.07, 6.45) is 3.51. The lowest BCUT2D eigenvalue weighted by atomic mass is 10.3. The van der Waals surface area contributed by atoms with Gasteiger partial charge in [-0.1, -0.05) is 25.1 Å². The summed E-state index contributed by atoms with van der Waals surface area (Å²) in [7, 11) is 0. The molecule has 3 heterocycles. The van der Waals surface area contributed by atoms with Gasteiger partial charge in [0.25, 0.3) is 5.56 Å². The van der Waals surface area contributed by atoms with Crippen molar-refractivity contribution in [2.45, 2.75) is 24.9 Å². The zero-order valence-electron chi connectivity index (χ0n) is 13.1. The number of thioether (sulfide) groups is 1. The van der Waals surface area contributed by atoms with Crippen LogP contribution in [0.1, 0.15) is 19.8 Å². The number of nitrogens with one attached hydrogen (secondary N) is 2. The molecule has 0 aliphatic heterocycles. The summed E-state index contributed by atoms with van der Waals surface area (Å²) >= 11 is 1.21. The molecule has 0 unspecified atom stereocenters. The quantitative estimate of drug-likeness (QED) is 0.498. The Balaban J connectivity index is 1.80. The van der Waals surface area contributed by atoms with Crippen LogP contribution in [-0.4, -0.2) is 38.0 Å². The molecule has 0 bridgehead atoms. The Bertz CT molecular complexity index is 884. The Labute approximate surface area is 141 Å². The molecule has 1 amide bonds. The molecule has 0 radical (unpaired) electrons. The topological polar surface area (TPSA) is 105 Å². The van der Waals surface area contributed by atoms with Gasteiger partial charge in [-0.25, -0.2) is 9.61 Å². The molecule has 0 fully saturated rings. The van der Waals surface area contributed by atoms with E-state index in [2.05, 4.69) is 27.5 Å². The van der Waals surface area contributed by atoms with Crippen molar-refractivity contribution in [3.63, 3.8) is 0 Å². The summed E-state index contributed by atoms with van der Waals surface area (Å²) in [4.78, 5) is 23.7. The number of furan rings is 1. The van der Waals surface area contributed by atoms with Gasteiger partial charge in [-0.05, 0) is 18.6 Å². The van der Waals surface area contributed by atoms with Crippen molar-refractivity contribution >= 4 is 23.2 Å². The minimum atomic E-state index is -0.350. The van der Waals surface area contributed by atoms with Gasteiger partial charge >= 0.3 is 0 Å². The first-order chi connectivity index (χ1) is 11.7. The summed E-state index contributed by atoms with van der Waals surface area (Å²) in [5.74, 6) is 0.688. The minimum absolute atomic E-state index is 0.0759. The van der Waals surface area contributed by atoms with Crippen molar-refractivity contribution in [3.05, 3.63) is 34.8 Å². The second-order valence-corrected chi connectivity index (χ2v) is 6.07. The molecule has 126 valence electrons. The maximum Gasteiger partial charge on any atom is 0.290 e. The summed E-state index contributed by atoms with van der Waals surface area (Å²) < 4.78 is 6.73. The van der Waals surface area contributed by atoms with Crippen LogP contribution < -0.4 is 10.9 Å². The van der Waals surface area contributed by atoms with Gasteiger partial charge in [0.2, 0.25) is 11.1 Å². The van der Waals surface area contributed by atoms with Crippen molar-refractivity contribution in [2.24, 2.45) is 0 Å². The molecular weight excluding hydrogens is 330 g/mol. The molecule has 2 N–H and O–H groups in total. The summed E-state index contributed by atoms with van der Waals surface area (Å²) in [6, 6.07) is 5.14. The van der Waals surface area contributed by atoms with E-state index in [0.717, 1.165) is 12.8 Å². The number of aromatic nitrogens is 4. The van der Waals surface area contributed by atoms with E-state index in [4.69, 9.17) is 4.42 Å². The zero-order valence-corrected chi connectivity index (χ0v) is 13.9. The van der Waals surface area contributed by atoms with E-state index in [9.17, 15) is 9.59 Å². The smallest absolute Gasteiger partial charge is 0.290 e. The third-order valence-electron chi connectivity index (χ3n) is 3.33. The van der Waals surface area contributed by atoms with Crippen molar-refractivity contribution in [3.8, 4) is 11.5 Å². The predicted octanol–water partition coefficient (Wildman–Crippen LogP) is 1.69. The molecule has 0 spiro atoms. The average Bonchev–Trinajstić information content (AvgIpc) is 3.24. The van der Waals surface area contributed by atoms with Gasteiger partial charge in [0.15, 0.2) is 5.76 Å². The number of hydrogen-bond donors (Lipinski definition) is 2. The van der Waals surface area contributed by atoms with E-state index in [1.807, 2.05) is 0 Å². The highest BCUT2D eigenvalue weighted by molar-refractivity contribution is 7.99. The van der Waals surface area contributed by atoms with E-state index in [-0.39, 0.29) is 17.2 Å². The Morgan fingerprint density at radius 2 is 2.38 bits per heavy atom. The number of fused-ring (bicyclic) bond motifs is 1. The highest BCUT2D eigenvalue weighted by Crippen LogP contribution is 2.21. The molecule has 0 aliphatic rings. The van der Waals surface area contributed by atoms with E-state index in [0.29, 0.717) is 28.7 Å². The first-order valence-corrected chi connectivity index (χ1v) is 8.59. The fourth-order valence-corrected chi connectivity index (χ4v) is 2.85. The molecule has 3 aromatic heterocycles. The van der Waals surface area contributed by atoms with Gasteiger partial charge in [0, 0.05) is 12.6 Å². The number of aromatic amines is 1. The summed E-state index contributed by atoms with van der Waals surface area (Å²) in [6.45, 7) is 2.73. The number of carbonyl (C=O) groups is 1. The van der Waals surface area contributed by atoms with Crippen molar-refractivity contribution in [1.82, 2.24) is 25.1 Å². The fourth-order valence-electron chi connectivity index (χ4n) is 2.12. The van der Waals surface area contributed by atoms with Crippen LogP contribution >= 0.6 is 11.8 Å². The van der Waals surface area contributed by atoms with Crippen molar-refractivity contribution < 1.29 is 9.21 Å². The standard InChI is InChI=1S/C15H17N5O3S/c1-2-3-6-16-13(21)9-24-15-18-17-14(22)11-8-10(19-20(11)15)12-5-4-7-23-12/h4-5,7-8H,2-3,6,9H2,1H3,(H,16,21)(H,17,22). The number of nitrogens with zero attached hydrogens (tertiary/aromatic N) is 3. The van der Waals surface area contributed by atoms with Crippen LogP contribution in [0.2, 0.25) is 0 Å². The molecule has 3 rings (SSSR count). The van der Waals surface area contributed by atoms with Crippen LogP contribution in [0.15, 0.2) is 38.8 Å². The SMILES string of the molecule is CCCCNC(=O)CSc1n[nH]c(=O)c2cc(-c3ccco3)nn12. The van der Waals surface area contributed by atoms with Crippen LogP contribution in [0.5, 0.6) is 0 Å². The molecular formula is C15H17N5O3S. The molecule has 9 heteroatoms. The van der Waals surface area contributed by atoms with Gasteiger partial charge < -0.3 is 9.73 Å². The molecule has 0 saturated heterocycles. The van der Waals surface area contributed by atoms with Gasteiger partial charge in [-0.3, -0.25) is 9.59 Å². The molecule has 0 atom stereocenters. The molecule has 3 aromatic rings. The largest absolute Gasteiger partial charge is 0.463 e. The lowest BCUT2D eigenvalue weighted by Gasteiger charge is -2.04. The first kappa shape index (κ1) is 16.3. The zero-order chi connectivity index (χ0) is 16.9. The number of hydrogen-bond acceptors (Lipinski definition) is 6. The van der Waals surface area contributed by atoms with Crippen LogP contribution in [0.25, 0.3) is 17.0 Å². The van der Waals surface area contributed by atoms with E-state index >= 15 is 0 Å². The monoisotopic (exact) mass is 347 g/mol. The van der Waals surface area contributed by atoms with E-state index < -0.39 is 0 Å². The first-order valence-electron chi connectivity index (χ1n) is 7.61. The highest BCUT2D eigenvalue weighted by atomic mass is 32.2. The van der Waals surface area contributed by atoms with Crippen LogP contribution in [-0.2, 0) is 4.79 Å². The van der Waals surface area contributed by atoms with Crippen molar-refractivity contribution in [2.75, 3.05) is 12.3 Å².